The minimum atomic E-state index is -0.299. The number of para-hydroxylation sites is 1. The first-order chi connectivity index (χ1) is 13.0. The third-order valence-electron chi connectivity index (χ3n) is 4.97. The molecule has 0 radical (unpaired) electrons. The zero-order valence-corrected chi connectivity index (χ0v) is 16.2. The van der Waals surface area contributed by atoms with Crippen LogP contribution in [0, 0.1) is 6.92 Å². The zero-order valence-electron chi connectivity index (χ0n) is 16.2. The molecule has 0 atom stereocenters. The molecule has 0 bridgehead atoms. The molecule has 27 heavy (non-hydrogen) atoms. The van der Waals surface area contributed by atoms with Crippen molar-refractivity contribution in [2.45, 2.75) is 20.3 Å². The summed E-state index contributed by atoms with van der Waals surface area (Å²) >= 11 is 0. The highest BCUT2D eigenvalue weighted by molar-refractivity contribution is 6.04. The van der Waals surface area contributed by atoms with E-state index in [0.717, 1.165) is 36.3 Å². The second-order valence-electron chi connectivity index (χ2n) is 6.92. The standard InChI is InChI=1S/C21H26N4O2/c1-4-16-8-5-7-15(2)19(16)23-20(26)17-9-6-10-18(22-17)21(27)25-13-11-24(3)12-14-25/h5-10H,4,11-14H2,1-3H3,(H,23,26). The van der Waals surface area contributed by atoms with Gasteiger partial charge in [0.1, 0.15) is 11.4 Å². The predicted octanol–water partition coefficient (Wildman–Crippen LogP) is 2.59. The molecule has 1 fully saturated rings. The number of piperazine rings is 1. The SMILES string of the molecule is CCc1cccc(C)c1NC(=O)c1cccc(C(=O)N2CCN(C)CC2)n1. The van der Waals surface area contributed by atoms with E-state index in [9.17, 15) is 9.59 Å². The molecule has 142 valence electrons. The Hall–Kier alpha value is -2.73. The van der Waals surface area contributed by atoms with Gasteiger partial charge in [0.2, 0.25) is 0 Å². The number of pyridine rings is 1. The monoisotopic (exact) mass is 366 g/mol. The second kappa shape index (κ2) is 8.31. The van der Waals surface area contributed by atoms with Crippen LogP contribution in [0.1, 0.15) is 39.0 Å². The largest absolute Gasteiger partial charge is 0.335 e. The highest BCUT2D eigenvalue weighted by Gasteiger charge is 2.22. The minimum Gasteiger partial charge on any atom is -0.335 e. The summed E-state index contributed by atoms with van der Waals surface area (Å²) in [5, 5.41) is 2.96. The van der Waals surface area contributed by atoms with E-state index >= 15 is 0 Å². The summed E-state index contributed by atoms with van der Waals surface area (Å²) in [7, 11) is 2.04. The number of nitrogens with one attached hydrogen (secondary N) is 1. The van der Waals surface area contributed by atoms with Crippen molar-refractivity contribution in [3.63, 3.8) is 0 Å². The van der Waals surface area contributed by atoms with Crippen molar-refractivity contribution < 1.29 is 9.59 Å². The van der Waals surface area contributed by atoms with Crippen LogP contribution < -0.4 is 5.32 Å². The molecule has 3 rings (SSSR count). The van der Waals surface area contributed by atoms with Gasteiger partial charge in [0.15, 0.2) is 0 Å². The first-order valence-electron chi connectivity index (χ1n) is 9.34. The lowest BCUT2D eigenvalue weighted by Crippen LogP contribution is -2.47. The van der Waals surface area contributed by atoms with Crippen LogP contribution in [0.15, 0.2) is 36.4 Å². The van der Waals surface area contributed by atoms with Crippen molar-refractivity contribution in [2.75, 3.05) is 38.5 Å². The summed E-state index contributed by atoms with van der Waals surface area (Å²) < 4.78 is 0. The molecule has 0 spiro atoms. The first-order valence-corrected chi connectivity index (χ1v) is 9.34. The minimum absolute atomic E-state index is 0.122. The Balaban J connectivity index is 1.77. The molecule has 1 aromatic carbocycles. The maximum absolute atomic E-state index is 12.7. The van der Waals surface area contributed by atoms with Crippen molar-refractivity contribution in [1.82, 2.24) is 14.8 Å². The molecule has 0 unspecified atom stereocenters. The zero-order chi connectivity index (χ0) is 19.4. The molecule has 1 saturated heterocycles. The Morgan fingerprint density at radius 2 is 1.70 bits per heavy atom. The average Bonchev–Trinajstić information content (AvgIpc) is 2.69. The van der Waals surface area contributed by atoms with Gasteiger partial charge in [0, 0.05) is 31.9 Å². The first kappa shape index (κ1) is 19.0. The van der Waals surface area contributed by atoms with Crippen LogP contribution in [0.4, 0.5) is 5.69 Å². The van der Waals surface area contributed by atoms with Crippen LogP contribution in [0.5, 0.6) is 0 Å². The topological polar surface area (TPSA) is 65.5 Å². The Morgan fingerprint density at radius 1 is 1.04 bits per heavy atom. The fourth-order valence-corrected chi connectivity index (χ4v) is 3.23. The fraction of sp³-hybridized carbons (Fsp3) is 0.381. The Kier molecular flexibility index (Phi) is 5.86. The molecular weight excluding hydrogens is 340 g/mol. The van der Waals surface area contributed by atoms with E-state index in [-0.39, 0.29) is 17.5 Å². The maximum atomic E-state index is 12.7. The van der Waals surface area contributed by atoms with Gasteiger partial charge in [-0.15, -0.1) is 0 Å². The van der Waals surface area contributed by atoms with Gasteiger partial charge in [-0.25, -0.2) is 4.98 Å². The lowest BCUT2D eigenvalue weighted by atomic mass is 10.1. The summed E-state index contributed by atoms with van der Waals surface area (Å²) in [5.74, 6) is -0.421. The van der Waals surface area contributed by atoms with Gasteiger partial charge in [0.05, 0.1) is 0 Å². The average molecular weight is 366 g/mol. The number of amides is 2. The van der Waals surface area contributed by atoms with E-state index in [1.54, 1.807) is 23.1 Å². The molecule has 1 aliphatic heterocycles. The normalized spacial score (nSPS) is 14.9. The molecule has 1 N–H and O–H groups in total. The van der Waals surface area contributed by atoms with Crippen molar-refractivity contribution in [3.05, 3.63) is 58.9 Å². The van der Waals surface area contributed by atoms with Crippen LogP contribution in [0.25, 0.3) is 0 Å². The van der Waals surface area contributed by atoms with E-state index in [4.69, 9.17) is 0 Å². The number of carbonyl (C=O) groups is 2. The van der Waals surface area contributed by atoms with Gasteiger partial charge in [-0.3, -0.25) is 9.59 Å². The molecule has 2 amide bonds. The van der Waals surface area contributed by atoms with Crippen LogP contribution in [-0.4, -0.2) is 59.8 Å². The third-order valence-corrected chi connectivity index (χ3v) is 4.97. The molecule has 6 nitrogen and oxygen atoms in total. The maximum Gasteiger partial charge on any atom is 0.274 e. The van der Waals surface area contributed by atoms with Gasteiger partial charge in [-0.2, -0.15) is 0 Å². The number of hydrogen-bond acceptors (Lipinski definition) is 4. The quantitative estimate of drug-likeness (QED) is 0.903. The molecule has 0 saturated carbocycles. The van der Waals surface area contributed by atoms with Crippen molar-refractivity contribution >= 4 is 17.5 Å². The summed E-state index contributed by atoms with van der Waals surface area (Å²) in [6.07, 6.45) is 0.826. The number of aromatic nitrogens is 1. The molecule has 1 aromatic heterocycles. The predicted molar refractivity (Wildman–Crippen MR) is 106 cm³/mol. The van der Waals surface area contributed by atoms with Gasteiger partial charge in [-0.05, 0) is 43.7 Å². The number of carbonyl (C=O) groups excluding carboxylic acids is 2. The van der Waals surface area contributed by atoms with Crippen LogP contribution in [0.2, 0.25) is 0 Å². The van der Waals surface area contributed by atoms with E-state index in [2.05, 4.69) is 22.1 Å². The van der Waals surface area contributed by atoms with Crippen molar-refractivity contribution in [2.24, 2.45) is 0 Å². The Bertz CT molecular complexity index is 842. The number of benzene rings is 1. The van der Waals surface area contributed by atoms with Crippen molar-refractivity contribution in [1.29, 1.82) is 0 Å². The highest BCUT2D eigenvalue weighted by Crippen LogP contribution is 2.21. The van der Waals surface area contributed by atoms with Crippen molar-refractivity contribution in [3.8, 4) is 0 Å². The molecule has 2 heterocycles. The second-order valence-corrected chi connectivity index (χ2v) is 6.92. The molecule has 6 heteroatoms. The number of hydrogen-bond donors (Lipinski definition) is 1. The Labute approximate surface area is 160 Å². The summed E-state index contributed by atoms with van der Waals surface area (Å²) in [6.45, 7) is 7.07. The number of nitrogens with zero attached hydrogens (tertiary/aromatic N) is 3. The summed E-state index contributed by atoms with van der Waals surface area (Å²) in [6, 6.07) is 11.0. The highest BCUT2D eigenvalue weighted by atomic mass is 16.2. The number of likely N-dealkylation sites (N-methyl/N-ethyl adjacent to an activating group) is 1. The van der Waals surface area contributed by atoms with E-state index in [1.807, 2.05) is 32.2 Å². The van der Waals surface area contributed by atoms with Gasteiger partial charge in [-0.1, -0.05) is 31.2 Å². The summed E-state index contributed by atoms with van der Waals surface area (Å²) in [4.78, 5) is 33.7. The molecule has 2 aromatic rings. The third kappa shape index (κ3) is 4.34. The fourth-order valence-electron chi connectivity index (χ4n) is 3.23. The van der Waals surface area contributed by atoms with Crippen LogP contribution in [0.3, 0.4) is 0 Å². The number of rotatable bonds is 4. The lowest BCUT2D eigenvalue weighted by Gasteiger charge is -2.32. The van der Waals surface area contributed by atoms with E-state index in [1.165, 1.54) is 0 Å². The number of aryl methyl sites for hydroxylation is 2. The summed E-state index contributed by atoms with van der Waals surface area (Å²) in [5.41, 5.74) is 3.47. The van der Waals surface area contributed by atoms with Gasteiger partial charge < -0.3 is 15.1 Å². The lowest BCUT2D eigenvalue weighted by molar-refractivity contribution is 0.0658. The van der Waals surface area contributed by atoms with Crippen LogP contribution >= 0.6 is 0 Å². The molecule has 0 aliphatic carbocycles. The Morgan fingerprint density at radius 3 is 2.41 bits per heavy atom. The van der Waals surface area contributed by atoms with Crippen LogP contribution in [-0.2, 0) is 6.42 Å². The molecular formula is C21H26N4O2. The van der Waals surface area contributed by atoms with Gasteiger partial charge in [0.25, 0.3) is 11.8 Å². The van der Waals surface area contributed by atoms with E-state index < -0.39 is 0 Å². The molecule has 1 aliphatic rings. The number of anilines is 1. The van der Waals surface area contributed by atoms with Gasteiger partial charge >= 0.3 is 0 Å². The smallest absolute Gasteiger partial charge is 0.274 e. The van der Waals surface area contributed by atoms with E-state index in [0.29, 0.717) is 18.8 Å².